The minimum atomic E-state index is -0.193. The molecule has 0 aliphatic carbocycles. The van der Waals surface area contributed by atoms with Crippen LogP contribution in [0.5, 0.6) is 0 Å². The summed E-state index contributed by atoms with van der Waals surface area (Å²) in [5.41, 5.74) is 12.2. The molecule has 2 heterocycles. The molecule has 1 aliphatic heterocycles. The standard InChI is InChI=1S/C17H22ClN5OS/c1-17(10-19)4-6-23(7-5-17)15-16(24)22-14(9-21-15)25-13-8-11(20)2-3-12(13)18/h2-3,8-9H,4-7,10,19-20H2,1H3,(H,22,24). The van der Waals surface area contributed by atoms with Gasteiger partial charge in [-0.05, 0) is 43.0 Å². The molecule has 3 rings (SSSR count). The van der Waals surface area contributed by atoms with Crippen LogP contribution in [0.2, 0.25) is 5.02 Å². The largest absolute Gasteiger partial charge is 0.399 e. The van der Waals surface area contributed by atoms with Crippen LogP contribution in [0.15, 0.2) is 39.1 Å². The van der Waals surface area contributed by atoms with E-state index in [-0.39, 0.29) is 11.0 Å². The van der Waals surface area contributed by atoms with Gasteiger partial charge in [-0.15, -0.1) is 0 Å². The number of benzene rings is 1. The van der Waals surface area contributed by atoms with E-state index in [0.29, 0.717) is 28.1 Å². The van der Waals surface area contributed by atoms with Gasteiger partial charge in [0.2, 0.25) is 0 Å². The molecule has 1 aromatic carbocycles. The lowest BCUT2D eigenvalue weighted by Crippen LogP contribution is -2.44. The van der Waals surface area contributed by atoms with E-state index in [1.54, 1.807) is 24.4 Å². The Bertz CT molecular complexity index is 817. The van der Waals surface area contributed by atoms with Crippen molar-refractivity contribution in [1.82, 2.24) is 9.97 Å². The number of halogens is 1. The number of aromatic amines is 1. The molecule has 6 nitrogen and oxygen atoms in total. The lowest BCUT2D eigenvalue weighted by molar-refractivity contribution is 0.257. The molecule has 0 unspecified atom stereocenters. The molecule has 8 heteroatoms. The molecular weight excluding hydrogens is 358 g/mol. The molecular formula is C17H22ClN5OS. The summed E-state index contributed by atoms with van der Waals surface area (Å²) >= 11 is 7.51. The average Bonchev–Trinajstić information content (AvgIpc) is 2.59. The number of piperidine rings is 1. The number of hydrogen-bond donors (Lipinski definition) is 3. The van der Waals surface area contributed by atoms with Gasteiger partial charge in [0.1, 0.15) is 0 Å². The topological polar surface area (TPSA) is 101 Å². The van der Waals surface area contributed by atoms with Crippen molar-refractivity contribution in [3.05, 3.63) is 39.8 Å². The summed E-state index contributed by atoms with van der Waals surface area (Å²) in [6.07, 6.45) is 3.58. The van der Waals surface area contributed by atoms with E-state index >= 15 is 0 Å². The highest BCUT2D eigenvalue weighted by atomic mass is 35.5. The smallest absolute Gasteiger partial charge is 0.291 e. The fourth-order valence-corrected chi connectivity index (χ4v) is 3.91. The number of nitrogens with one attached hydrogen (secondary N) is 1. The molecule has 25 heavy (non-hydrogen) atoms. The van der Waals surface area contributed by atoms with Gasteiger partial charge in [0.25, 0.3) is 5.56 Å². The average molecular weight is 380 g/mol. The van der Waals surface area contributed by atoms with Gasteiger partial charge in [0, 0.05) is 23.7 Å². The van der Waals surface area contributed by atoms with Crippen molar-refractivity contribution in [3.8, 4) is 0 Å². The Kier molecular flexibility index (Phi) is 5.27. The molecule has 0 radical (unpaired) electrons. The van der Waals surface area contributed by atoms with Crippen molar-refractivity contribution >= 4 is 34.9 Å². The lowest BCUT2D eigenvalue weighted by atomic mass is 9.80. The summed E-state index contributed by atoms with van der Waals surface area (Å²) in [6, 6.07) is 5.25. The molecule has 1 aliphatic rings. The second kappa shape index (κ2) is 7.27. The number of nitrogen functional groups attached to an aromatic ring is 1. The van der Waals surface area contributed by atoms with Crippen LogP contribution in [0, 0.1) is 5.41 Å². The maximum absolute atomic E-state index is 12.5. The number of hydrogen-bond acceptors (Lipinski definition) is 6. The zero-order valence-electron chi connectivity index (χ0n) is 14.1. The molecule has 134 valence electrons. The number of anilines is 2. The van der Waals surface area contributed by atoms with Crippen molar-refractivity contribution in [2.75, 3.05) is 30.3 Å². The van der Waals surface area contributed by atoms with Crippen molar-refractivity contribution in [3.63, 3.8) is 0 Å². The zero-order valence-corrected chi connectivity index (χ0v) is 15.7. The van der Waals surface area contributed by atoms with Crippen molar-refractivity contribution in [2.24, 2.45) is 11.1 Å². The van der Waals surface area contributed by atoms with Gasteiger partial charge in [-0.25, -0.2) is 4.98 Å². The SMILES string of the molecule is CC1(CN)CCN(c2ncc(Sc3cc(N)ccc3Cl)[nH]c2=O)CC1. The first-order chi connectivity index (χ1) is 11.9. The maximum Gasteiger partial charge on any atom is 0.291 e. The molecule has 0 spiro atoms. The van der Waals surface area contributed by atoms with Crippen LogP contribution in [0.1, 0.15) is 19.8 Å². The van der Waals surface area contributed by atoms with E-state index in [2.05, 4.69) is 16.9 Å². The first-order valence-electron chi connectivity index (χ1n) is 8.17. The van der Waals surface area contributed by atoms with E-state index in [4.69, 9.17) is 23.1 Å². The molecule has 2 aromatic rings. The Morgan fingerprint density at radius 1 is 1.40 bits per heavy atom. The summed E-state index contributed by atoms with van der Waals surface area (Å²) in [4.78, 5) is 22.5. The van der Waals surface area contributed by atoms with Gasteiger partial charge in [-0.3, -0.25) is 4.79 Å². The summed E-state index contributed by atoms with van der Waals surface area (Å²) in [5, 5.41) is 1.21. The van der Waals surface area contributed by atoms with E-state index in [0.717, 1.165) is 30.8 Å². The van der Waals surface area contributed by atoms with E-state index in [1.165, 1.54) is 11.8 Å². The van der Waals surface area contributed by atoms with Gasteiger partial charge in [-0.2, -0.15) is 0 Å². The zero-order chi connectivity index (χ0) is 18.0. The summed E-state index contributed by atoms with van der Waals surface area (Å²) in [6.45, 7) is 4.44. The predicted octanol–water partition coefficient (Wildman–Crippen LogP) is 2.72. The minimum absolute atomic E-state index is 0.156. The van der Waals surface area contributed by atoms with Crippen molar-refractivity contribution in [1.29, 1.82) is 0 Å². The quantitative estimate of drug-likeness (QED) is 0.706. The third kappa shape index (κ3) is 4.11. The molecule has 0 saturated carbocycles. The highest BCUT2D eigenvalue weighted by Crippen LogP contribution is 2.34. The van der Waals surface area contributed by atoms with Crippen LogP contribution < -0.4 is 21.9 Å². The van der Waals surface area contributed by atoms with Crippen LogP contribution in [0.3, 0.4) is 0 Å². The molecule has 0 atom stereocenters. The van der Waals surface area contributed by atoms with Crippen LogP contribution in [-0.2, 0) is 0 Å². The fourth-order valence-electron chi connectivity index (χ4n) is 2.83. The Morgan fingerprint density at radius 3 is 2.76 bits per heavy atom. The molecule has 5 N–H and O–H groups in total. The Balaban J connectivity index is 1.75. The van der Waals surface area contributed by atoms with E-state index in [9.17, 15) is 4.79 Å². The van der Waals surface area contributed by atoms with E-state index < -0.39 is 0 Å². The molecule has 0 amide bonds. The highest BCUT2D eigenvalue weighted by Gasteiger charge is 2.30. The third-order valence-electron chi connectivity index (χ3n) is 4.68. The molecule has 0 bridgehead atoms. The number of aromatic nitrogens is 2. The second-order valence-electron chi connectivity index (χ2n) is 6.69. The van der Waals surface area contributed by atoms with E-state index in [1.807, 2.05) is 4.90 Å². The number of rotatable bonds is 4. The van der Waals surface area contributed by atoms with Gasteiger partial charge in [-0.1, -0.05) is 30.3 Å². The fraction of sp³-hybridized carbons (Fsp3) is 0.412. The van der Waals surface area contributed by atoms with Gasteiger partial charge >= 0.3 is 0 Å². The molecule has 1 aromatic heterocycles. The van der Waals surface area contributed by atoms with Gasteiger partial charge < -0.3 is 21.4 Å². The van der Waals surface area contributed by atoms with Crippen LogP contribution in [-0.4, -0.2) is 29.6 Å². The minimum Gasteiger partial charge on any atom is -0.399 e. The van der Waals surface area contributed by atoms with Crippen LogP contribution in [0.4, 0.5) is 11.5 Å². The van der Waals surface area contributed by atoms with Crippen LogP contribution >= 0.6 is 23.4 Å². The predicted molar refractivity (Wildman–Crippen MR) is 103 cm³/mol. The van der Waals surface area contributed by atoms with Gasteiger partial charge in [0.15, 0.2) is 5.82 Å². The third-order valence-corrected chi connectivity index (χ3v) is 6.11. The monoisotopic (exact) mass is 379 g/mol. The second-order valence-corrected chi connectivity index (χ2v) is 8.18. The first kappa shape index (κ1) is 18.1. The Morgan fingerprint density at radius 2 is 2.12 bits per heavy atom. The van der Waals surface area contributed by atoms with Gasteiger partial charge in [0.05, 0.1) is 16.2 Å². The first-order valence-corrected chi connectivity index (χ1v) is 9.37. The Labute approximate surface area is 156 Å². The van der Waals surface area contributed by atoms with Crippen molar-refractivity contribution in [2.45, 2.75) is 29.7 Å². The normalized spacial score (nSPS) is 16.8. The van der Waals surface area contributed by atoms with Crippen molar-refractivity contribution < 1.29 is 0 Å². The maximum atomic E-state index is 12.5. The summed E-state index contributed by atoms with van der Waals surface area (Å²) in [5.74, 6) is 0.460. The molecule has 1 saturated heterocycles. The van der Waals surface area contributed by atoms with Crippen LogP contribution in [0.25, 0.3) is 0 Å². The summed E-state index contributed by atoms with van der Waals surface area (Å²) in [7, 11) is 0. The highest BCUT2D eigenvalue weighted by molar-refractivity contribution is 7.99. The number of nitrogens with zero attached hydrogens (tertiary/aromatic N) is 2. The molecule has 1 fully saturated rings. The Hall–Kier alpha value is -1.70. The number of H-pyrrole nitrogens is 1. The summed E-state index contributed by atoms with van der Waals surface area (Å²) < 4.78 is 0. The lowest BCUT2D eigenvalue weighted by Gasteiger charge is -2.38. The number of nitrogens with two attached hydrogens (primary N) is 2.